The quantitative estimate of drug-likeness (QED) is 0.0210. The molecule has 1 aliphatic rings. The third kappa shape index (κ3) is 11.0. The maximum atomic E-state index is 11.8. The molecule has 1 aliphatic heterocycles. The fourth-order valence-corrected chi connectivity index (χ4v) is 10.2. The molecule has 0 aliphatic carbocycles. The lowest BCUT2D eigenvalue weighted by Crippen LogP contribution is -2.39. The molecule has 7 rings (SSSR count). The summed E-state index contributed by atoms with van der Waals surface area (Å²) in [7, 11) is 1.60. The Morgan fingerprint density at radius 3 is 2.06 bits per heavy atom. The number of rotatable bonds is 22. The third-order valence-electron chi connectivity index (χ3n) is 11.6. The van der Waals surface area contributed by atoms with Gasteiger partial charge in [0.1, 0.15) is 23.2 Å². The standard InChI is InChI=1S/C52H57N4O9P/c1-36(2)55(37(3)4)66(63-31-14-30-53)65-49-34-48(45-33-39-16-10-12-19-46(39)54-51(45)61-32-29-38-15-11-13-20-47(38)56(57)58)64-50(49)35-62-52(40-17-8-7-9-18-40,41-21-25-43(59-5)26-22-41)42-23-27-44(60-6)28-24-42/h7-13,15-28,33,36-37,48-50H,14,29,31-32,34-35H2,1-6H3/t48-,49+,50-,66?/m1/s1. The van der Waals surface area contributed by atoms with Crippen molar-refractivity contribution in [1.29, 1.82) is 5.26 Å². The van der Waals surface area contributed by atoms with Crippen molar-refractivity contribution in [2.45, 2.75) is 83.0 Å². The van der Waals surface area contributed by atoms with Crippen molar-refractivity contribution >= 4 is 25.1 Å². The average Bonchev–Trinajstić information content (AvgIpc) is 3.74. The van der Waals surface area contributed by atoms with Gasteiger partial charge < -0.3 is 32.7 Å². The number of fused-ring (bicyclic) bond motifs is 1. The lowest BCUT2D eigenvalue weighted by atomic mass is 9.80. The Kier molecular flexibility index (Phi) is 16.3. The third-order valence-corrected chi connectivity index (χ3v) is 13.7. The van der Waals surface area contributed by atoms with Crippen LogP contribution in [0.15, 0.2) is 133 Å². The molecule has 0 N–H and O–H groups in total. The van der Waals surface area contributed by atoms with Gasteiger partial charge in [-0.25, -0.2) is 9.65 Å². The number of aromatic nitrogens is 1. The van der Waals surface area contributed by atoms with E-state index in [1.54, 1.807) is 32.4 Å². The number of para-hydroxylation sites is 2. The van der Waals surface area contributed by atoms with E-state index in [9.17, 15) is 15.4 Å². The Labute approximate surface area is 388 Å². The smallest absolute Gasteiger partial charge is 0.272 e. The highest BCUT2D eigenvalue weighted by Crippen LogP contribution is 2.52. The molecule has 66 heavy (non-hydrogen) atoms. The van der Waals surface area contributed by atoms with Crippen LogP contribution in [-0.4, -0.2) is 72.9 Å². The van der Waals surface area contributed by atoms with Crippen LogP contribution in [0.5, 0.6) is 17.4 Å². The molecule has 5 aromatic carbocycles. The summed E-state index contributed by atoms with van der Waals surface area (Å²) in [5.41, 5.74) is 3.54. The molecule has 4 atom stereocenters. The molecule has 6 aromatic rings. The molecule has 0 radical (unpaired) electrons. The van der Waals surface area contributed by atoms with E-state index in [4.69, 9.17) is 37.7 Å². The highest BCUT2D eigenvalue weighted by molar-refractivity contribution is 7.44. The molecule has 1 saturated heterocycles. The first-order valence-corrected chi connectivity index (χ1v) is 23.3. The predicted molar refractivity (Wildman–Crippen MR) is 255 cm³/mol. The second kappa shape index (κ2) is 22.5. The van der Waals surface area contributed by atoms with E-state index in [1.807, 2.05) is 97.1 Å². The largest absolute Gasteiger partial charge is 0.497 e. The molecule has 0 amide bonds. The predicted octanol–water partition coefficient (Wildman–Crippen LogP) is 11.3. The van der Waals surface area contributed by atoms with Gasteiger partial charge in [-0.05, 0) is 80.8 Å². The highest BCUT2D eigenvalue weighted by atomic mass is 31.2. The van der Waals surface area contributed by atoms with Crippen LogP contribution in [0, 0.1) is 21.4 Å². The number of hydrogen-bond acceptors (Lipinski definition) is 12. The maximum Gasteiger partial charge on any atom is 0.272 e. The van der Waals surface area contributed by atoms with E-state index in [1.165, 1.54) is 6.07 Å². The van der Waals surface area contributed by atoms with Crippen molar-refractivity contribution in [2.24, 2.45) is 0 Å². The lowest BCUT2D eigenvalue weighted by Gasteiger charge is -2.39. The van der Waals surface area contributed by atoms with Gasteiger partial charge in [-0.2, -0.15) is 5.26 Å². The van der Waals surface area contributed by atoms with Crippen LogP contribution in [0.4, 0.5) is 5.69 Å². The normalized spacial score (nSPS) is 16.7. The first-order chi connectivity index (χ1) is 32.1. The fraction of sp³-hybridized carbons (Fsp3) is 0.346. The zero-order chi connectivity index (χ0) is 46.6. The molecule has 2 heterocycles. The molecule has 14 heteroatoms. The van der Waals surface area contributed by atoms with Crippen LogP contribution < -0.4 is 14.2 Å². The molecule has 344 valence electrons. The molecular weight excluding hydrogens is 856 g/mol. The summed E-state index contributed by atoms with van der Waals surface area (Å²) in [5.74, 6) is 1.78. The minimum atomic E-state index is -1.68. The van der Waals surface area contributed by atoms with Crippen LogP contribution in [0.1, 0.15) is 74.5 Å². The summed E-state index contributed by atoms with van der Waals surface area (Å²) in [5, 5.41) is 22.2. The van der Waals surface area contributed by atoms with Gasteiger partial charge in [0.05, 0.1) is 69.2 Å². The van der Waals surface area contributed by atoms with E-state index in [-0.39, 0.29) is 48.9 Å². The number of pyridine rings is 1. The Balaban J connectivity index is 1.30. The van der Waals surface area contributed by atoms with Crippen molar-refractivity contribution in [1.82, 2.24) is 9.65 Å². The number of nitrogens with zero attached hydrogens (tertiary/aromatic N) is 4. The number of hydrogen-bond donors (Lipinski definition) is 0. The Morgan fingerprint density at radius 1 is 0.833 bits per heavy atom. The maximum absolute atomic E-state index is 11.8. The zero-order valence-electron chi connectivity index (χ0n) is 38.2. The van der Waals surface area contributed by atoms with E-state index in [0.29, 0.717) is 41.3 Å². The fourth-order valence-electron chi connectivity index (χ4n) is 8.49. The SMILES string of the molecule is COc1ccc(C(OC[C@H]2O[C@@H](c3cc4ccccc4nc3OCCc3ccccc3[N+](=O)[O-])C[C@@H]2OP(OCCC#N)N(C(C)C)C(C)C)(c2ccccc2)c2ccc(OC)cc2)cc1. The van der Waals surface area contributed by atoms with Gasteiger partial charge in [-0.1, -0.05) is 91.0 Å². The van der Waals surface area contributed by atoms with Crippen LogP contribution in [0.3, 0.4) is 0 Å². The van der Waals surface area contributed by atoms with Crippen molar-refractivity contribution in [3.63, 3.8) is 0 Å². The van der Waals surface area contributed by atoms with Gasteiger partial charge in [0.2, 0.25) is 5.88 Å². The molecule has 13 nitrogen and oxygen atoms in total. The van der Waals surface area contributed by atoms with Gasteiger partial charge in [0.25, 0.3) is 14.2 Å². The Bertz CT molecular complexity index is 2500. The lowest BCUT2D eigenvalue weighted by molar-refractivity contribution is -0.385. The van der Waals surface area contributed by atoms with Gasteiger partial charge in [-0.3, -0.25) is 10.1 Å². The summed E-state index contributed by atoms with van der Waals surface area (Å²) < 4.78 is 48.0. The molecule has 1 aromatic heterocycles. The number of nitro benzene ring substituents is 1. The first kappa shape index (κ1) is 48.0. The summed E-state index contributed by atoms with van der Waals surface area (Å²) >= 11 is 0. The summed E-state index contributed by atoms with van der Waals surface area (Å²) in [4.78, 5) is 16.5. The monoisotopic (exact) mass is 912 g/mol. The van der Waals surface area contributed by atoms with E-state index >= 15 is 0 Å². The van der Waals surface area contributed by atoms with Gasteiger partial charge in [0, 0.05) is 47.5 Å². The van der Waals surface area contributed by atoms with E-state index < -0.39 is 32.4 Å². The molecule has 1 unspecified atom stereocenters. The van der Waals surface area contributed by atoms with Crippen molar-refractivity contribution in [3.8, 4) is 23.4 Å². The molecule has 0 saturated carbocycles. The summed E-state index contributed by atoms with van der Waals surface area (Å²) in [6, 6.07) is 44.7. The first-order valence-electron chi connectivity index (χ1n) is 22.2. The molecule has 0 bridgehead atoms. The van der Waals surface area contributed by atoms with E-state index in [2.05, 4.69) is 50.6 Å². The van der Waals surface area contributed by atoms with E-state index in [0.717, 1.165) is 27.6 Å². The van der Waals surface area contributed by atoms with Crippen molar-refractivity contribution < 1.29 is 37.7 Å². The highest BCUT2D eigenvalue weighted by Gasteiger charge is 2.45. The van der Waals surface area contributed by atoms with Gasteiger partial charge >= 0.3 is 0 Å². The van der Waals surface area contributed by atoms with Crippen LogP contribution >= 0.6 is 8.53 Å². The summed E-state index contributed by atoms with van der Waals surface area (Å²) in [6.45, 7) is 8.84. The van der Waals surface area contributed by atoms with Crippen molar-refractivity contribution in [2.75, 3.05) is 34.0 Å². The van der Waals surface area contributed by atoms with Crippen LogP contribution in [0.25, 0.3) is 10.9 Å². The molecular formula is C52H57N4O9P. The molecule has 1 fully saturated rings. The minimum absolute atomic E-state index is 0.0379. The average molecular weight is 913 g/mol. The number of nitro groups is 1. The topological polar surface area (TPSA) is 148 Å². The number of methoxy groups -OCH3 is 2. The van der Waals surface area contributed by atoms with Crippen molar-refractivity contribution in [3.05, 3.63) is 171 Å². The van der Waals surface area contributed by atoms with Gasteiger partial charge in [0.15, 0.2) is 0 Å². The van der Waals surface area contributed by atoms with Gasteiger partial charge in [-0.15, -0.1) is 0 Å². The number of nitriles is 1. The van der Waals surface area contributed by atoms with Crippen LogP contribution in [-0.2, 0) is 30.5 Å². The zero-order valence-corrected chi connectivity index (χ0v) is 39.1. The minimum Gasteiger partial charge on any atom is -0.497 e. The summed E-state index contributed by atoms with van der Waals surface area (Å²) in [6.07, 6.45) is -0.885. The Morgan fingerprint density at radius 2 is 1.44 bits per heavy atom. The van der Waals surface area contributed by atoms with Crippen LogP contribution in [0.2, 0.25) is 0 Å². The Hall–Kier alpha value is -5.97. The second-order valence-electron chi connectivity index (χ2n) is 16.5. The number of benzene rings is 5. The molecule has 0 spiro atoms. The number of ether oxygens (including phenoxy) is 5. The second-order valence-corrected chi connectivity index (χ2v) is 17.9.